The number of benzene rings is 3. The number of hydrogen-bond acceptors (Lipinski definition) is 4. The van der Waals surface area contributed by atoms with Crippen LogP contribution in [0.3, 0.4) is 0 Å². The molecule has 4 aromatic rings. The molecule has 0 aliphatic heterocycles. The second-order valence-electron chi connectivity index (χ2n) is 7.16. The number of fused-ring (bicyclic) bond motifs is 1. The van der Waals surface area contributed by atoms with Gasteiger partial charge in [-0.1, -0.05) is 60.7 Å². The van der Waals surface area contributed by atoms with Crippen molar-refractivity contribution in [3.63, 3.8) is 0 Å². The number of hydrogen-bond donors (Lipinski definition) is 1. The van der Waals surface area contributed by atoms with E-state index >= 15 is 0 Å². The molecular formula is C24H17F3N4O2. The van der Waals surface area contributed by atoms with Crippen molar-refractivity contribution in [1.82, 2.24) is 15.2 Å². The molecular weight excluding hydrogens is 433 g/mol. The van der Waals surface area contributed by atoms with E-state index in [2.05, 4.69) is 15.6 Å². The minimum absolute atomic E-state index is 0.0256. The zero-order valence-electron chi connectivity index (χ0n) is 17.1. The molecule has 0 aliphatic rings. The van der Waals surface area contributed by atoms with E-state index in [0.717, 1.165) is 23.9 Å². The van der Waals surface area contributed by atoms with Crippen LogP contribution >= 0.6 is 0 Å². The van der Waals surface area contributed by atoms with Gasteiger partial charge >= 0.3 is 6.18 Å². The van der Waals surface area contributed by atoms with Gasteiger partial charge < -0.3 is 0 Å². The lowest BCUT2D eigenvalue weighted by Gasteiger charge is -2.10. The molecule has 1 aromatic heterocycles. The summed E-state index contributed by atoms with van der Waals surface area (Å²) in [6, 6.07) is 20.3. The number of halogens is 3. The maximum Gasteiger partial charge on any atom is 0.416 e. The van der Waals surface area contributed by atoms with Crippen LogP contribution in [0.1, 0.15) is 27.2 Å². The lowest BCUT2D eigenvalue weighted by molar-refractivity contribution is -0.137. The Hall–Kier alpha value is -4.27. The Morgan fingerprint density at radius 1 is 0.970 bits per heavy atom. The summed E-state index contributed by atoms with van der Waals surface area (Å²) in [4.78, 5) is 25.7. The first kappa shape index (κ1) is 21.9. The summed E-state index contributed by atoms with van der Waals surface area (Å²) >= 11 is 0. The van der Waals surface area contributed by atoms with Gasteiger partial charge in [-0.05, 0) is 29.3 Å². The summed E-state index contributed by atoms with van der Waals surface area (Å²) in [6.45, 7) is 0.165. The molecule has 0 spiro atoms. The van der Waals surface area contributed by atoms with Crippen LogP contribution in [0.25, 0.3) is 10.8 Å². The Bertz CT molecular complexity index is 1400. The first-order chi connectivity index (χ1) is 15.8. The van der Waals surface area contributed by atoms with Crippen LogP contribution in [0.4, 0.5) is 13.2 Å². The fourth-order valence-electron chi connectivity index (χ4n) is 3.28. The Morgan fingerprint density at radius 3 is 2.39 bits per heavy atom. The minimum Gasteiger partial charge on any atom is -0.267 e. The van der Waals surface area contributed by atoms with Crippen LogP contribution in [-0.2, 0) is 12.7 Å². The summed E-state index contributed by atoms with van der Waals surface area (Å²) in [5.74, 6) is -0.698. The highest BCUT2D eigenvalue weighted by Gasteiger charge is 2.30. The van der Waals surface area contributed by atoms with Gasteiger partial charge in [0, 0.05) is 5.39 Å². The minimum atomic E-state index is -4.48. The van der Waals surface area contributed by atoms with Gasteiger partial charge in [-0.2, -0.15) is 23.4 Å². The van der Waals surface area contributed by atoms with Crippen molar-refractivity contribution in [3.8, 4) is 0 Å². The summed E-state index contributed by atoms with van der Waals surface area (Å²) in [7, 11) is 0. The van der Waals surface area contributed by atoms with Crippen molar-refractivity contribution in [2.75, 3.05) is 0 Å². The van der Waals surface area contributed by atoms with E-state index in [4.69, 9.17) is 0 Å². The highest BCUT2D eigenvalue weighted by atomic mass is 19.4. The quantitative estimate of drug-likeness (QED) is 0.365. The molecule has 33 heavy (non-hydrogen) atoms. The molecule has 0 radical (unpaired) electrons. The maximum absolute atomic E-state index is 12.9. The summed E-state index contributed by atoms with van der Waals surface area (Å²) < 4.78 is 39.8. The fraction of sp³-hybridized carbons (Fsp3) is 0.0833. The molecule has 0 atom stereocenters. The molecule has 6 nitrogen and oxygen atoms in total. The van der Waals surface area contributed by atoms with E-state index < -0.39 is 17.6 Å². The van der Waals surface area contributed by atoms with E-state index in [1.54, 1.807) is 24.3 Å². The van der Waals surface area contributed by atoms with Crippen LogP contribution in [0.2, 0.25) is 0 Å². The fourth-order valence-corrected chi connectivity index (χ4v) is 3.28. The third kappa shape index (κ3) is 4.98. The first-order valence-electron chi connectivity index (χ1n) is 9.87. The van der Waals surface area contributed by atoms with Gasteiger partial charge in [0.2, 0.25) is 0 Å². The number of aromatic nitrogens is 2. The van der Waals surface area contributed by atoms with Crippen LogP contribution < -0.4 is 11.0 Å². The van der Waals surface area contributed by atoms with E-state index in [0.29, 0.717) is 10.8 Å². The number of nitrogens with zero attached hydrogens (tertiary/aromatic N) is 3. The molecule has 9 heteroatoms. The zero-order valence-corrected chi connectivity index (χ0v) is 17.1. The van der Waals surface area contributed by atoms with Crippen molar-refractivity contribution in [2.24, 2.45) is 5.10 Å². The molecule has 166 valence electrons. The number of alkyl halides is 3. The van der Waals surface area contributed by atoms with Crippen LogP contribution in [0.5, 0.6) is 0 Å². The predicted molar refractivity (Wildman–Crippen MR) is 118 cm³/mol. The highest BCUT2D eigenvalue weighted by Crippen LogP contribution is 2.29. The van der Waals surface area contributed by atoms with E-state index in [-0.39, 0.29) is 23.4 Å². The van der Waals surface area contributed by atoms with E-state index in [1.807, 2.05) is 30.3 Å². The largest absolute Gasteiger partial charge is 0.416 e. The second kappa shape index (κ2) is 9.07. The molecule has 0 saturated carbocycles. The monoisotopic (exact) mass is 450 g/mol. The molecule has 4 rings (SSSR count). The third-order valence-corrected chi connectivity index (χ3v) is 4.85. The molecule has 0 bridgehead atoms. The Morgan fingerprint density at radius 2 is 1.67 bits per heavy atom. The Balaban J connectivity index is 1.63. The smallest absolute Gasteiger partial charge is 0.267 e. The number of nitrogens with one attached hydrogen (secondary N) is 1. The number of amides is 1. The molecule has 1 N–H and O–H groups in total. The summed E-state index contributed by atoms with van der Waals surface area (Å²) in [5.41, 5.74) is 2.08. The van der Waals surface area contributed by atoms with Crippen molar-refractivity contribution in [3.05, 3.63) is 112 Å². The average Bonchev–Trinajstić information content (AvgIpc) is 2.81. The predicted octanol–water partition coefficient (Wildman–Crippen LogP) is 4.23. The standard InChI is InChI=1S/C24H17F3N4O2/c25-24(26,27)18-10-6-9-17(13-18)14-28-29-22(32)21-19-11-4-5-12-20(19)23(33)31(30-21)15-16-7-2-1-3-8-16/h1-14H,15H2,(H,29,32)/b28-14-. The highest BCUT2D eigenvalue weighted by molar-refractivity contribution is 6.05. The van der Waals surface area contributed by atoms with E-state index in [1.165, 1.54) is 16.8 Å². The molecule has 0 saturated heterocycles. The molecule has 0 fully saturated rings. The lowest BCUT2D eigenvalue weighted by atomic mass is 10.1. The van der Waals surface area contributed by atoms with Gasteiger partial charge in [-0.15, -0.1) is 0 Å². The van der Waals surface area contributed by atoms with Gasteiger partial charge in [0.25, 0.3) is 11.5 Å². The van der Waals surface area contributed by atoms with Crippen LogP contribution in [-0.4, -0.2) is 21.9 Å². The van der Waals surface area contributed by atoms with Crippen molar-refractivity contribution >= 4 is 22.9 Å². The molecule has 1 amide bonds. The Labute approximate surface area is 186 Å². The average molecular weight is 450 g/mol. The van der Waals surface area contributed by atoms with Crippen molar-refractivity contribution < 1.29 is 18.0 Å². The number of hydrazone groups is 1. The molecule has 0 aliphatic carbocycles. The second-order valence-corrected chi connectivity index (χ2v) is 7.16. The molecule has 3 aromatic carbocycles. The zero-order chi connectivity index (χ0) is 23.4. The summed E-state index contributed by atoms with van der Waals surface area (Å²) in [5, 5.41) is 8.66. The van der Waals surface area contributed by atoms with Gasteiger partial charge in [0.1, 0.15) is 0 Å². The van der Waals surface area contributed by atoms with Crippen molar-refractivity contribution in [1.29, 1.82) is 0 Å². The van der Waals surface area contributed by atoms with E-state index in [9.17, 15) is 22.8 Å². The van der Waals surface area contributed by atoms with Crippen LogP contribution in [0.15, 0.2) is 88.8 Å². The first-order valence-corrected chi connectivity index (χ1v) is 9.87. The van der Waals surface area contributed by atoms with Gasteiger partial charge in [-0.25, -0.2) is 10.1 Å². The normalized spacial score (nSPS) is 11.7. The summed E-state index contributed by atoms with van der Waals surface area (Å²) in [6.07, 6.45) is -3.38. The SMILES string of the molecule is O=C(N/N=C\c1cccc(C(F)(F)F)c1)c1nn(Cc2ccccc2)c(=O)c2ccccc12. The number of carbonyl (C=O) groups is 1. The lowest BCUT2D eigenvalue weighted by Crippen LogP contribution is -2.29. The van der Waals surface area contributed by atoms with Gasteiger partial charge in [0.15, 0.2) is 5.69 Å². The third-order valence-electron chi connectivity index (χ3n) is 4.85. The molecule has 0 unspecified atom stereocenters. The van der Waals surface area contributed by atoms with Gasteiger partial charge in [0.05, 0.1) is 23.7 Å². The number of carbonyl (C=O) groups excluding carboxylic acids is 1. The topological polar surface area (TPSA) is 76.3 Å². The molecule has 1 heterocycles. The Kier molecular flexibility index (Phi) is 6.03. The van der Waals surface area contributed by atoms with Crippen LogP contribution in [0, 0.1) is 0 Å². The number of rotatable bonds is 5. The van der Waals surface area contributed by atoms with Gasteiger partial charge in [-0.3, -0.25) is 9.59 Å². The maximum atomic E-state index is 12.9. The van der Waals surface area contributed by atoms with Crippen molar-refractivity contribution in [2.45, 2.75) is 12.7 Å².